The largest absolute Gasteiger partial charge is 0.497 e. The maximum absolute atomic E-state index is 12.4. The highest BCUT2D eigenvalue weighted by atomic mass is 16.5. The molecule has 5 heteroatoms. The summed E-state index contributed by atoms with van der Waals surface area (Å²) in [5, 5.41) is 4.26. The summed E-state index contributed by atoms with van der Waals surface area (Å²) in [6, 6.07) is 20.0. The highest BCUT2D eigenvalue weighted by Crippen LogP contribution is 2.31. The van der Waals surface area contributed by atoms with Crippen LogP contribution in [0, 0.1) is 0 Å². The lowest BCUT2D eigenvalue weighted by atomic mass is 9.90. The zero-order valence-corrected chi connectivity index (χ0v) is 16.4. The van der Waals surface area contributed by atoms with Crippen molar-refractivity contribution in [2.75, 3.05) is 13.7 Å². The minimum absolute atomic E-state index is 0.0137. The standard InChI is InChI=1S/C24H24N2O3/c1-28-18-10-8-17(9-11-18)21(22-16-25-23-7-3-2-6-20(22)23)15-26-24(27)13-12-19-5-4-14-29-19/h2-11,14,16,21,25H,12-13,15H2,1H3,(H,26,27)/t21-/m0/s1. The van der Waals surface area contributed by atoms with Crippen LogP contribution in [0.1, 0.15) is 29.2 Å². The number of fused-ring (bicyclic) bond motifs is 1. The Kier molecular flexibility index (Phi) is 5.66. The molecule has 148 valence electrons. The summed E-state index contributed by atoms with van der Waals surface area (Å²) in [6.07, 6.45) is 4.66. The van der Waals surface area contributed by atoms with Gasteiger partial charge in [0.1, 0.15) is 11.5 Å². The first-order valence-electron chi connectivity index (χ1n) is 9.73. The number of H-pyrrole nitrogens is 1. The molecule has 0 fully saturated rings. The first-order valence-corrected chi connectivity index (χ1v) is 9.73. The molecule has 2 N–H and O–H groups in total. The fraction of sp³-hybridized carbons (Fsp3) is 0.208. The number of hydrogen-bond donors (Lipinski definition) is 2. The van der Waals surface area contributed by atoms with Crippen LogP contribution < -0.4 is 10.1 Å². The average molecular weight is 388 g/mol. The van der Waals surface area contributed by atoms with Crippen LogP contribution in [0.2, 0.25) is 0 Å². The zero-order chi connectivity index (χ0) is 20.1. The molecular formula is C24H24N2O3. The first-order chi connectivity index (χ1) is 14.2. The second-order valence-corrected chi connectivity index (χ2v) is 7.00. The Bertz CT molecular complexity index is 1070. The van der Waals surface area contributed by atoms with Crippen LogP contribution >= 0.6 is 0 Å². The Labute approximate surface area is 169 Å². The second-order valence-electron chi connectivity index (χ2n) is 7.00. The van der Waals surface area contributed by atoms with Gasteiger partial charge in [-0.05, 0) is 41.5 Å². The topological polar surface area (TPSA) is 67.3 Å². The van der Waals surface area contributed by atoms with E-state index in [-0.39, 0.29) is 11.8 Å². The van der Waals surface area contributed by atoms with E-state index in [4.69, 9.17) is 9.15 Å². The Morgan fingerprint density at radius 2 is 1.93 bits per heavy atom. The van der Waals surface area contributed by atoms with Gasteiger partial charge in [-0.15, -0.1) is 0 Å². The van der Waals surface area contributed by atoms with Gasteiger partial charge in [-0.1, -0.05) is 30.3 Å². The Hall–Kier alpha value is -3.47. The number of rotatable bonds is 8. The van der Waals surface area contributed by atoms with E-state index in [1.54, 1.807) is 13.4 Å². The molecule has 0 unspecified atom stereocenters. The van der Waals surface area contributed by atoms with Crippen LogP contribution in [0.3, 0.4) is 0 Å². The zero-order valence-electron chi connectivity index (χ0n) is 16.4. The molecule has 2 heterocycles. The van der Waals surface area contributed by atoms with E-state index in [1.807, 2.05) is 42.6 Å². The van der Waals surface area contributed by atoms with E-state index in [1.165, 1.54) is 0 Å². The molecule has 0 radical (unpaired) electrons. The number of methoxy groups -OCH3 is 1. The van der Waals surface area contributed by atoms with Gasteiger partial charge in [0.05, 0.1) is 13.4 Å². The first kappa shape index (κ1) is 18.9. The maximum Gasteiger partial charge on any atom is 0.220 e. The number of ether oxygens (including phenoxy) is 1. The quantitative estimate of drug-likeness (QED) is 0.462. The molecule has 4 rings (SSSR count). The van der Waals surface area contributed by atoms with Crippen LogP contribution in [0.5, 0.6) is 5.75 Å². The lowest BCUT2D eigenvalue weighted by Gasteiger charge is -2.18. The number of hydrogen-bond acceptors (Lipinski definition) is 3. The monoisotopic (exact) mass is 388 g/mol. The third-order valence-electron chi connectivity index (χ3n) is 5.20. The van der Waals surface area contributed by atoms with Crippen molar-refractivity contribution in [3.63, 3.8) is 0 Å². The van der Waals surface area contributed by atoms with E-state index in [0.29, 0.717) is 19.4 Å². The molecule has 0 aliphatic heterocycles. The van der Waals surface area contributed by atoms with E-state index < -0.39 is 0 Å². The minimum atomic E-state index is 0.0137. The van der Waals surface area contributed by atoms with Gasteiger partial charge in [0.15, 0.2) is 0 Å². The van der Waals surface area contributed by atoms with Crippen LogP contribution in [0.4, 0.5) is 0 Å². The Balaban J connectivity index is 1.54. The molecular weight excluding hydrogens is 364 g/mol. The highest BCUT2D eigenvalue weighted by Gasteiger charge is 2.19. The maximum atomic E-state index is 12.4. The van der Waals surface area contributed by atoms with E-state index in [2.05, 4.69) is 34.6 Å². The van der Waals surface area contributed by atoms with Crippen molar-refractivity contribution in [3.8, 4) is 5.75 Å². The number of aromatic amines is 1. The van der Waals surface area contributed by atoms with Gasteiger partial charge in [-0.2, -0.15) is 0 Å². The average Bonchev–Trinajstić information content (AvgIpc) is 3.43. The van der Waals surface area contributed by atoms with Crippen molar-refractivity contribution < 1.29 is 13.9 Å². The van der Waals surface area contributed by atoms with E-state index in [9.17, 15) is 4.79 Å². The van der Waals surface area contributed by atoms with Crippen LogP contribution in [-0.2, 0) is 11.2 Å². The number of amides is 1. The summed E-state index contributed by atoms with van der Waals surface area (Å²) >= 11 is 0. The number of carbonyl (C=O) groups is 1. The van der Waals surface area contributed by atoms with Crippen LogP contribution in [0.15, 0.2) is 77.5 Å². The number of furan rings is 1. The van der Waals surface area contributed by atoms with Crippen molar-refractivity contribution in [2.24, 2.45) is 0 Å². The fourth-order valence-corrected chi connectivity index (χ4v) is 3.62. The summed E-state index contributed by atoms with van der Waals surface area (Å²) in [4.78, 5) is 15.8. The predicted octanol–water partition coefficient (Wildman–Crippen LogP) is 4.65. The normalized spacial score (nSPS) is 12.0. The third-order valence-corrected chi connectivity index (χ3v) is 5.20. The molecule has 5 nitrogen and oxygen atoms in total. The van der Waals surface area contributed by atoms with Gasteiger partial charge in [-0.25, -0.2) is 0 Å². The molecule has 2 aromatic carbocycles. The van der Waals surface area contributed by atoms with Crippen molar-refractivity contribution in [1.82, 2.24) is 10.3 Å². The van der Waals surface area contributed by atoms with Crippen molar-refractivity contribution >= 4 is 16.8 Å². The van der Waals surface area contributed by atoms with Crippen molar-refractivity contribution in [3.05, 3.63) is 90.0 Å². The minimum Gasteiger partial charge on any atom is -0.497 e. The van der Waals surface area contributed by atoms with Gasteiger partial charge >= 0.3 is 0 Å². The second kappa shape index (κ2) is 8.69. The number of aryl methyl sites for hydroxylation is 1. The van der Waals surface area contributed by atoms with Crippen molar-refractivity contribution in [1.29, 1.82) is 0 Å². The SMILES string of the molecule is COc1ccc([C@H](CNC(=O)CCc2ccco2)c2c[nH]c3ccccc23)cc1. The van der Waals surface area contributed by atoms with Gasteiger partial charge in [0.2, 0.25) is 5.91 Å². The van der Waals surface area contributed by atoms with Crippen LogP contribution in [0.25, 0.3) is 10.9 Å². The van der Waals surface area contributed by atoms with Gasteiger partial charge in [0.25, 0.3) is 0 Å². The number of aromatic nitrogens is 1. The lowest BCUT2D eigenvalue weighted by Crippen LogP contribution is -2.29. The third kappa shape index (κ3) is 4.35. The Morgan fingerprint density at radius 3 is 2.69 bits per heavy atom. The summed E-state index contributed by atoms with van der Waals surface area (Å²) in [7, 11) is 1.66. The number of carbonyl (C=O) groups excluding carboxylic acids is 1. The highest BCUT2D eigenvalue weighted by molar-refractivity contribution is 5.84. The summed E-state index contributed by atoms with van der Waals surface area (Å²) < 4.78 is 10.6. The van der Waals surface area contributed by atoms with Gasteiger partial charge in [-0.3, -0.25) is 4.79 Å². The van der Waals surface area contributed by atoms with E-state index in [0.717, 1.165) is 33.5 Å². The molecule has 0 saturated carbocycles. The fourth-order valence-electron chi connectivity index (χ4n) is 3.62. The number of para-hydroxylation sites is 1. The molecule has 4 aromatic rings. The molecule has 0 aliphatic carbocycles. The molecule has 29 heavy (non-hydrogen) atoms. The summed E-state index contributed by atoms with van der Waals surface area (Å²) in [5.41, 5.74) is 3.38. The van der Waals surface area contributed by atoms with Gasteiger partial charge < -0.3 is 19.5 Å². The molecule has 1 atom stereocenters. The summed E-state index contributed by atoms with van der Waals surface area (Å²) in [5.74, 6) is 1.68. The van der Waals surface area contributed by atoms with Crippen LogP contribution in [-0.4, -0.2) is 24.5 Å². The molecule has 1 amide bonds. The van der Waals surface area contributed by atoms with E-state index >= 15 is 0 Å². The van der Waals surface area contributed by atoms with Gasteiger partial charge in [0, 0.05) is 42.4 Å². The molecule has 0 spiro atoms. The smallest absolute Gasteiger partial charge is 0.220 e. The molecule has 2 aromatic heterocycles. The lowest BCUT2D eigenvalue weighted by molar-refractivity contribution is -0.121. The predicted molar refractivity (Wildman–Crippen MR) is 113 cm³/mol. The number of benzene rings is 2. The molecule has 0 bridgehead atoms. The summed E-state index contributed by atoms with van der Waals surface area (Å²) in [6.45, 7) is 0.519. The molecule has 0 aliphatic rings. The van der Waals surface area contributed by atoms with Crippen molar-refractivity contribution in [2.45, 2.75) is 18.8 Å². The Morgan fingerprint density at radius 1 is 1.10 bits per heavy atom. The number of nitrogens with one attached hydrogen (secondary N) is 2. The molecule has 0 saturated heterocycles.